The first kappa shape index (κ1) is 13.1. The Kier molecular flexibility index (Phi) is 3.68. The highest BCUT2D eigenvalue weighted by Gasteiger charge is 2.21. The molecule has 18 heavy (non-hydrogen) atoms. The van der Waals surface area contributed by atoms with E-state index in [1.54, 1.807) is 4.90 Å². The van der Waals surface area contributed by atoms with Crippen LogP contribution in [-0.2, 0) is 11.2 Å². The summed E-state index contributed by atoms with van der Waals surface area (Å²) in [4.78, 5) is 13.3. The third-order valence-electron chi connectivity index (χ3n) is 3.50. The van der Waals surface area contributed by atoms with Crippen molar-refractivity contribution in [3.8, 4) is 0 Å². The number of nitrogens with two attached hydrogens (primary N) is 2. The maximum Gasteiger partial charge on any atom is 0.227 e. The van der Waals surface area contributed by atoms with Gasteiger partial charge in [-0.1, -0.05) is 12.1 Å². The van der Waals surface area contributed by atoms with Gasteiger partial charge >= 0.3 is 0 Å². The zero-order chi connectivity index (χ0) is 13.3. The normalized spacial score (nSPS) is 18.4. The van der Waals surface area contributed by atoms with E-state index < -0.39 is 0 Å². The SMILES string of the molecule is CC(N)CC(N)c1ccc2c(c1)CCC(=O)N2C. The Hall–Kier alpha value is -1.39. The van der Waals surface area contributed by atoms with Crippen molar-refractivity contribution in [2.75, 3.05) is 11.9 Å². The molecule has 4 N–H and O–H groups in total. The lowest BCUT2D eigenvalue weighted by Gasteiger charge is -2.27. The zero-order valence-corrected chi connectivity index (χ0v) is 11.0. The van der Waals surface area contributed by atoms with Crippen LogP contribution in [0.2, 0.25) is 0 Å². The van der Waals surface area contributed by atoms with Crippen LogP contribution in [0.4, 0.5) is 5.69 Å². The maximum absolute atomic E-state index is 11.6. The van der Waals surface area contributed by atoms with Crippen LogP contribution in [0.25, 0.3) is 0 Å². The summed E-state index contributed by atoms with van der Waals surface area (Å²) < 4.78 is 0. The summed E-state index contributed by atoms with van der Waals surface area (Å²) in [5.74, 6) is 0.176. The van der Waals surface area contributed by atoms with Crippen LogP contribution >= 0.6 is 0 Å². The van der Waals surface area contributed by atoms with Gasteiger partial charge in [0.05, 0.1) is 0 Å². The quantitative estimate of drug-likeness (QED) is 0.846. The van der Waals surface area contributed by atoms with Gasteiger partial charge in [-0.2, -0.15) is 0 Å². The van der Waals surface area contributed by atoms with Gasteiger partial charge in [-0.3, -0.25) is 4.79 Å². The maximum atomic E-state index is 11.6. The molecule has 1 heterocycles. The van der Waals surface area contributed by atoms with Crippen molar-refractivity contribution in [1.82, 2.24) is 0 Å². The van der Waals surface area contributed by atoms with Gasteiger partial charge in [0.1, 0.15) is 0 Å². The number of rotatable bonds is 3. The van der Waals surface area contributed by atoms with Gasteiger partial charge in [0.2, 0.25) is 5.91 Å². The van der Waals surface area contributed by atoms with Crippen molar-refractivity contribution in [2.45, 2.75) is 38.3 Å². The fourth-order valence-electron chi connectivity index (χ4n) is 2.44. The predicted molar refractivity (Wildman–Crippen MR) is 73.4 cm³/mol. The smallest absolute Gasteiger partial charge is 0.227 e. The summed E-state index contributed by atoms with van der Waals surface area (Å²) in [6.07, 6.45) is 2.15. The molecule has 2 atom stereocenters. The van der Waals surface area contributed by atoms with Gasteiger partial charge in [-0.25, -0.2) is 0 Å². The van der Waals surface area contributed by atoms with Gasteiger partial charge in [-0.05, 0) is 37.0 Å². The lowest BCUT2D eigenvalue weighted by Crippen LogP contribution is -2.31. The van der Waals surface area contributed by atoms with Crippen molar-refractivity contribution < 1.29 is 4.79 Å². The molecule has 98 valence electrons. The van der Waals surface area contributed by atoms with Crippen molar-refractivity contribution in [2.24, 2.45) is 11.5 Å². The van der Waals surface area contributed by atoms with Crippen molar-refractivity contribution >= 4 is 11.6 Å². The molecule has 1 aliphatic rings. The van der Waals surface area contributed by atoms with Crippen LogP contribution in [0.5, 0.6) is 0 Å². The van der Waals surface area contributed by atoms with E-state index in [1.807, 2.05) is 26.1 Å². The molecule has 0 fully saturated rings. The van der Waals surface area contributed by atoms with Gasteiger partial charge in [0.25, 0.3) is 0 Å². The van der Waals surface area contributed by atoms with Crippen molar-refractivity contribution in [3.05, 3.63) is 29.3 Å². The molecule has 0 saturated heterocycles. The summed E-state index contributed by atoms with van der Waals surface area (Å²) >= 11 is 0. The summed E-state index contributed by atoms with van der Waals surface area (Å²) in [5.41, 5.74) is 15.2. The Morgan fingerprint density at radius 2 is 2.06 bits per heavy atom. The molecule has 0 saturated carbocycles. The van der Waals surface area contributed by atoms with E-state index in [4.69, 9.17) is 11.5 Å². The van der Waals surface area contributed by atoms with E-state index in [9.17, 15) is 4.79 Å². The van der Waals surface area contributed by atoms with Gasteiger partial charge < -0.3 is 16.4 Å². The van der Waals surface area contributed by atoms with Crippen LogP contribution in [0.15, 0.2) is 18.2 Å². The minimum atomic E-state index is -0.0294. The molecule has 1 amide bonds. The number of benzene rings is 1. The number of hydrogen-bond donors (Lipinski definition) is 2. The number of hydrogen-bond acceptors (Lipinski definition) is 3. The number of anilines is 1. The number of carbonyl (C=O) groups excluding carboxylic acids is 1. The van der Waals surface area contributed by atoms with E-state index in [2.05, 4.69) is 6.07 Å². The highest BCUT2D eigenvalue weighted by Crippen LogP contribution is 2.29. The Morgan fingerprint density at radius 1 is 1.33 bits per heavy atom. The molecule has 0 bridgehead atoms. The molecule has 1 aromatic rings. The first-order chi connectivity index (χ1) is 8.49. The largest absolute Gasteiger partial charge is 0.328 e. The van der Waals surface area contributed by atoms with Crippen LogP contribution in [0, 0.1) is 0 Å². The monoisotopic (exact) mass is 247 g/mol. The number of aryl methyl sites for hydroxylation is 1. The molecule has 2 unspecified atom stereocenters. The molecule has 0 spiro atoms. The average Bonchev–Trinajstić information content (AvgIpc) is 2.32. The van der Waals surface area contributed by atoms with E-state index in [0.29, 0.717) is 6.42 Å². The molecule has 0 aliphatic carbocycles. The third-order valence-corrected chi connectivity index (χ3v) is 3.50. The third kappa shape index (κ3) is 2.54. The molecule has 0 radical (unpaired) electrons. The molecular formula is C14H21N3O. The summed E-state index contributed by atoms with van der Waals surface area (Å²) in [7, 11) is 1.82. The Balaban J connectivity index is 2.25. The Labute approximate surface area is 108 Å². The van der Waals surface area contributed by atoms with Crippen LogP contribution in [0.3, 0.4) is 0 Å². The van der Waals surface area contributed by atoms with Gasteiger partial charge in [0.15, 0.2) is 0 Å². The Morgan fingerprint density at radius 3 is 2.72 bits per heavy atom. The van der Waals surface area contributed by atoms with E-state index in [-0.39, 0.29) is 18.0 Å². The second-order valence-corrected chi connectivity index (χ2v) is 5.16. The minimum Gasteiger partial charge on any atom is -0.328 e. The lowest BCUT2D eigenvalue weighted by molar-refractivity contribution is -0.118. The number of fused-ring (bicyclic) bond motifs is 1. The fraction of sp³-hybridized carbons (Fsp3) is 0.500. The summed E-state index contributed by atoms with van der Waals surface area (Å²) in [6.45, 7) is 1.96. The molecule has 2 rings (SSSR count). The lowest BCUT2D eigenvalue weighted by atomic mass is 9.94. The van der Waals surface area contributed by atoms with Crippen LogP contribution < -0.4 is 16.4 Å². The second-order valence-electron chi connectivity index (χ2n) is 5.16. The first-order valence-electron chi connectivity index (χ1n) is 6.39. The number of carbonyl (C=O) groups is 1. The molecule has 1 aliphatic heterocycles. The molecule has 4 heteroatoms. The highest BCUT2D eigenvalue weighted by atomic mass is 16.2. The van der Waals surface area contributed by atoms with Crippen molar-refractivity contribution in [1.29, 1.82) is 0 Å². The van der Waals surface area contributed by atoms with Crippen molar-refractivity contribution in [3.63, 3.8) is 0 Å². The Bertz CT molecular complexity index is 456. The molecular weight excluding hydrogens is 226 g/mol. The van der Waals surface area contributed by atoms with Gasteiger partial charge in [-0.15, -0.1) is 0 Å². The predicted octanol–water partition coefficient (Wildman–Crippen LogP) is 1.33. The molecule has 0 aromatic heterocycles. The summed E-state index contributed by atoms with van der Waals surface area (Å²) in [6, 6.07) is 6.17. The first-order valence-corrected chi connectivity index (χ1v) is 6.39. The van der Waals surface area contributed by atoms with Crippen LogP contribution in [-0.4, -0.2) is 19.0 Å². The zero-order valence-electron chi connectivity index (χ0n) is 11.0. The summed E-state index contributed by atoms with van der Waals surface area (Å²) in [5, 5.41) is 0. The van der Waals surface area contributed by atoms with Gasteiger partial charge in [0, 0.05) is 31.2 Å². The standard InChI is InChI=1S/C14H21N3O/c1-9(15)7-12(16)10-3-5-13-11(8-10)4-6-14(18)17(13)2/h3,5,8-9,12H,4,6-7,15-16H2,1-2H3. The second kappa shape index (κ2) is 5.08. The number of amides is 1. The minimum absolute atomic E-state index is 0.0294. The van der Waals surface area contributed by atoms with E-state index >= 15 is 0 Å². The topological polar surface area (TPSA) is 72.3 Å². The molecule has 4 nitrogen and oxygen atoms in total. The fourth-order valence-corrected chi connectivity index (χ4v) is 2.44. The number of nitrogens with zero attached hydrogens (tertiary/aromatic N) is 1. The van der Waals surface area contributed by atoms with E-state index in [0.717, 1.165) is 24.1 Å². The molecule has 1 aromatic carbocycles. The highest BCUT2D eigenvalue weighted by molar-refractivity contribution is 5.95. The van der Waals surface area contributed by atoms with E-state index in [1.165, 1.54) is 5.56 Å². The van der Waals surface area contributed by atoms with Crippen LogP contribution in [0.1, 0.15) is 36.9 Å². The average molecular weight is 247 g/mol.